The highest BCUT2D eigenvalue weighted by Crippen LogP contribution is 2.41. The molecule has 0 bridgehead atoms. The fourth-order valence-corrected chi connectivity index (χ4v) is 8.14. The summed E-state index contributed by atoms with van der Waals surface area (Å²) >= 11 is 0. The third-order valence-electron chi connectivity index (χ3n) is 10.1. The summed E-state index contributed by atoms with van der Waals surface area (Å²) in [5, 5.41) is 11.9. The number of hydrogen-bond acceptors (Lipinski definition) is 8. The summed E-state index contributed by atoms with van der Waals surface area (Å²) in [4.78, 5) is 47.1. The van der Waals surface area contributed by atoms with Gasteiger partial charge in [0.2, 0.25) is 0 Å². The molecule has 4 aliphatic rings. The van der Waals surface area contributed by atoms with E-state index in [9.17, 15) is 19.7 Å². The molecule has 0 aliphatic carbocycles. The van der Waals surface area contributed by atoms with Crippen LogP contribution in [0.3, 0.4) is 0 Å². The lowest BCUT2D eigenvalue weighted by Gasteiger charge is -2.24. The molecule has 1 unspecified atom stereocenters. The largest absolute Gasteiger partial charge is 0.489 e. The number of hydrogen-bond donors (Lipinski definition) is 0. The first kappa shape index (κ1) is 31.9. The lowest BCUT2D eigenvalue weighted by atomic mass is 10.1. The van der Waals surface area contributed by atoms with Gasteiger partial charge in [-0.05, 0) is 80.5 Å². The average molecular weight is 710 g/mol. The van der Waals surface area contributed by atoms with Crippen LogP contribution in [0.2, 0.25) is 0 Å². The Hall–Kier alpha value is -6.06. The van der Waals surface area contributed by atoms with Gasteiger partial charge < -0.3 is 19.0 Å². The van der Waals surface area contributed by atoms with Crippen LogP contribution in [0.5, 0.6) is 11.5 Å². The zero-order chi connectivity index (χ0) is 35.5. The van der Waals surface area contributed by atoms with E-state index >= 15 is 0 Å². The van der Waals surface area contributed by atoms with E-state index in [0.29, 0.717) is 52.4 Å². The molecule has 0 aromatic heterocycles. The van der Waals surface area contributed by atoms with Crippen molar-refractivity contribution in [1.82, 2.24) is 0 Å². The van der Waals surface area contributed by atoms with Gasteiger partial charge >= 0.3 is 0 Å². The number of para-hydroxylation sites is 2. The molecular formula is C40H32N5O6P. The van der Waals surface area contributed by atoms with E-state index in [1.54, 1.807) is 41.4 Å². The van der Waals surface area contributed by atoms with Gasteiger partial charge in [-0.15, -0.1) is 0 Å². The van der Waals surface area contributed by atoms with Gasteiger partial charge in [-0.1, -0.05) is 36.4 Å². The Morgan fingerprint density at radius 1 is 0.731 bits per heavy atom. The molecule has 5 aromatic rings. The Bertz CT molecular complexity index is 2350. The van der Waals surface area contributed by atoms with Crippen molar-refractivity contribution in [2.45, 2.75) is 38.1 Å². The van der Waals surface area contributed by atoms with E-state index in [4.69, 9.17) is 9.47 Å². The van der Waals surface area contributed by atoms with E-state index in [2.05, 4.69) is 20.4 Å². The number of nitrogens with zero attached hydrogens (tertiary/aromatic N) is 5. The van der Waals surface area contributed by atoms with Crippen LogP contribution in [0.1, 0.15) is 43.0 Å². The minimum atomic E-state index is -0.440. The van der Waals surface area contributed by atoms with Crippen molar-refractivity contribution in [3.8, 4) is 11.5 Å². The topological polar surface area (TPSA) is 118 Å². The molecule has 11 nitrogen and oxygen atoms in total. The number of amides is 2. The van der Waals surface area contributed by atoms with Gasteiger partial charge in [-0.3, -0.25) is 29.6 Å². The highest BCUT2D eigenvalue weighted by Gasteiger charge is 2.39. The standard InChI is InChI=1S/C40H32N5O6P/c46-39-33-11-9-31(18-35(33)41-20-29-16-26-5-1-3-7-36(26)43(29)39)50-22-24-13-25(15-28(14-24)45(48)49)23-51-32-10-12-34-38(19-32)42(52)21-30-17-27-6-2-4-8-37(27)44(30)40(34)47/h1-15,18-20,29-30H,16-17,21-23,52H2/t29-,30-/m0/s1. The van der Waals surface area contributed by atoms with Crippen molar-refractivity contribution < 1.29 is 24.0 Å². The highest BCUT2D eigenvalue weighted by molar-refractivity contribution is 7.19. The molecule has 52 heavy (non-hydrogen) atoms. The number of nitro benzene ring substituents is 1. The van der Waals surface area contributed by atoms with Gasteiger partial charge in [-0.2, -0.15) is 0 Å². The number of benzene rings is 5. The number of nitro groups is 1. The lowest BCUT2D eigenvalue weighted by molar-refractivity contribution is -0.385. The quantitative estimate of drug-likeness (QED) is 0.0995. The molecule has 2 amide bonds. The molecule has 0 spiro atoms. The Labute approximate surface area is 301 Å². The Kier molecular flexibility index (Phi) is 7.73. The number of rotatable bonds is 7. The van der Waals surface area contributed by atoms with Crippen molar-refractivity contribution in [1.29, 1.82) is 0 Å². The molecule has 5 aromatic carbocycles. The predicted octanol–water partition coefficient (Wildman–Crippen LogP) is 7.22. The monoisotopic (exact) mass is 709 g/mol. The first-order chi connectivity index (χ1) is 25.3. The maximum Gasteiger partial charge on any atom is 0.270 e. The van der Waals surface area contributed by atoms with Gasteiger partial charge in [0.05, 0.1) is 39.5 Å². The molecular weight excluding hydrogens is 677 g/mol. The summed E-state index contributed by atoms with van der Waals surface area (Å²) in [5.74, 6) is 0.856. The van der Waals surface area contributed by atoms with Crippen molar-refractivity contribution >= 4 is 55.9 Å². The maximum atomic E-state index is 13.8. The van der Waals surface area contributed by atoms with Gasteiger partial charge in [0, 0.05) is 54.8 Å². The van der Waals surface area contributed by atoms with Crippen molar-refractivity contribution in [2.75, 3.05) is 21.0 Å². The molecule has 9 rings (SSSR count). The molecule has 4 aliphatic heterocycles. The lowest BCUT2D eigenvalue weighted by Crippen LogP contribution is -2.40. The SMILES string of the molecule is O=C1c2ccc(OCc3cc(COc4ccc5c(c4)N=C[C@@H]4Cc6ccccc6N4C5=O)cc([N+](=O)[O-])c3)cc2N(P)C[C@@H]2Cc3ccccc3N12. The molecule has 0 saturated carbocycles. The van der Waals surface area contributed by atoms with Gasteiger partial charge in [0.1, 0.15) is 24.7 Å². The van der Waals surface area contributed by atoms with E-state index in [0.717, 1.165) is 29.0 Å². The number of ether oxygens (including phenoxy) is 2. The second-order valence-corrected chi connectivity index (χ2v) is 14.0. The van der Waals surface area contributed by atoms with E-state index in [1.165, 1.54) is 17.7 Å². The Morgan fingerprint density at radius 2 is 1.35 bits per heavy atom. The third kappa shape index (κ3) is 5.54. The zero-order valence-electron chi connectivity index (χ0n) is 27.8. The number of aliphatic imine (C=N–C) groups is 1. The maximum absolute atomic E-state index is 13.8. The van der Waals surface area contributed by atoms with Crippen LogP contribution < -0.4 is 23.9 Å². The summed E-state index contributed by atoms with van der Waals surface area (Å²) in [5.41, 5.74) is 7.55. The molecule has 0 saturated heterocycles. The summed E-state index contributed by atoms with van der Waals surface area (Å²) in [6.45, 7) is 0.754. The number of fused-ring (bicyclic) bond motifs is 8. The smallest absolute Gasteiger partial charge is 0.270 e. The fraction of sp³-hybridized carbons (Fsp3) is 0.175. The molecule has 3 atom stereocenters. The van der Waals surface area contributed by atoms with Gasteiger partial charge in [0.25, 0.3) is 17.5 Å². The minimum absolute atomic E-state index is 0.0153. The molecule has 12 heteroatoms. The Balaban J connectivity index is 0.907. The number of carbonyl (C=O) groups excluding carboxylic acids is 2. The van der Waals surface area contributed by atoms with Crippen molar-refractivity contribution in [3.63, 3.8) is 0 Å². The number of carbonyl (C=O) groups is 2. The van der Waals surface area contributed by atoms with E-state index in [1.807, 2.05) is 64.2 Å². The second kappa shape index (κ2) is 12.6. The third-order valence-corrected chi connectivity index (χ3v) is 10.6. The summed E-state index contributed by atoms with van der Waals surface area (Å²) in [6.07, 6.45) is 3.30. The van der Waals surface area contributed by atoms with Gasteiger partial charge in [-0.25, -0.2) is 0 Å². The van der Waals surface area contributed by atoms with Crippen LogP contribution in [0.25, 0.3) is 0 Å². The summed E-state index contributed by atoms with van der Waals surface area (Å²) < 4.78 is 14.2. The second-order valence-electron chi connectivity index (χ2n) is 13.4. The van der Waals surface area contributed by atoms with Crippen LogP contribution in [0, 0.1) is 10.1 Å². The van der Waals surface area contributed by atoms with Crippen LogP contribution in [0.15, 0.2) is 108 Å². The molecule has 0 fully saturated rings. The first-order valence-corrected chi connectivity index (χ1v) is 17.5. The Morgan fingerprint density at radius 3 is 2.06 bits per heavy atom. The first-order valence-electron chi connectivity index (χ1n) is 17.0. The van der Waals surface area contributed by atoms with Crippen molar-refractivity contribution in [2.24, 2.45) is 4.99 Å². The van der Waals surface area contributed by atoms with E-state index < -0.39 is 4.92 Å². The fourth-order valence-electron chi connectivity index (χ4n) is 7.68. The zero-order valence-corrected chi connectivity index (χ0v) is 29.0. The summed E-state index contributed by atoms with van der Waals surface area (Å²) in [6, 6.07) is 31.1. The molecule has 0 radical (unpaired) electrons. The van der Waals surface area contributed by atoms with Crippen molar-refractivity contribution in [3.05, 3.63) is 147 Å². The normalized spacial score (nSPS) is 18.1. The predicted molar refractivity (Wildman–Crippen MR) is 201 cm³/mol. The van der Waals surface area contributed by atoms with E-state index in [-0.39, 0.29) is 42.8 Å². The summed E-state index contributed by atoms with van der Waals surface area (Å²) in [7, 11) is 2.73. The molecule has 0 N–H and O–H groups in total. The number of anilines is 3. The molecule has 258 valence electrons. The minimum Gasteiger partial charge on any atom is -0.489 e. The van der Waals surface area contributed by atoms with Crippen LogP contribution in [0.4, 0.5) is 28.4 Å². The number of non-ortho nitro benzene ring substituents is 1. The average Bonchev–Trinajstić information content (AvgIpc) is 3.65. The van der Waals surface area contributed by atoms with Crippen LogP contribution in [-0.4, -0.2) is 41.6 Å². The van der Waals surface area contributed by atoms with Crippen LogP contribution >= 0.6 is 9.39 Å². The highest BCUT2D eigenvalue weighted by atomic mass is 31.0. The van der Waals surface area contributed by atoms with Crippen LogP contribution in [-0.2, 0) is 26.1 Å². The molecule has 4 heterocycles. The van der Waals surface area contributed by atoms with Gasteiger partial charge in [0.15, 0.2) is 0 Å².